The van der Waals surface area contributed by atoms with Crippen LogP contribution in [-0.2, 0) is 19.1 Å². The van der Waals surface area contributed by atoms with Gasteiger partial charge in [0.15, 0.2) is 0 Å². The fourth-order valence-electron chi connectivity index (χ4n) is 4.28. The summed E-state index contributed by atoms with van der Waals surface area (Å²) in [5.41, 5.74) is 5.78. The molecule has 0 aliphatic carbocycles. The van der Waals surface area contributed by atoms with E-state index < -0.39 is 41.1 Å². The minimum absolute atomic E-state index is 0.0120. The molecule has 0 radical (unpaired) electrons. The molecule has 0 bridgehead atoms. The summed E-state index contributed by atoms with van der Waals surface area (Å²) in [5.74, 6) is -1.37. The minimum atomic E-state index is -1.10. The number of hydrogen-bond donors (Lipinski definition) is 3. The molecule has 1 aromatic carbocycles. The monoisotopic (exact) mass is 560 g/mol. The summed E-state index contributed by atoms with van der Waals surface area (Å²) in [7, 11) is 0. The van der Waals surface area contributed by atoms with Crippen molar-refractivity contribution in [2.75, 3.05) is 6.54 Å². The van der Waals surface area contributed by atoms with Crippen LogP contribution >= 0.6 is 0 Å². The number of benzene rings is 1. The Labute approximate surface area is 241 Å². The maximum atomic E-state index is 14.2. The Morgan fingerprint density at radius 3 is 2.02 bits per heavy atom. The maximum Gasteiger partial charge on any atom is 0.408 e. The molecule has 226 valence electrons. The summed E-state index contributed by atoms with van der Waals surface area (Å²) < 4.78 is 5.40. The summed E-state index contributed by atoms with van der Waals surface area (Å²) in [5, 5.41) is 5.67. The highest BCUT2D eigenvalue weighted by atomic mass is 16.6. The average Bonchev–Trinajstić information content (AvgIpc) is 2.81. The first-order valence-electron chi connectivity index (χ1n) is 14.5. The number of unbranched alkanes of at least 4 members (excludes halogenated alkanes) is 5. The van der Waals surface area contributed by atoms with Gasteiger partial charge < -0.3 is 26.0 Å². The zero-order chi connectivity index (χ0) is 30.5. The van der Waals surface area contributed by atoms with E-state index >= 15 is 0 Å². The third-order valence-electron chi connectivity index (χ3n) is 6.16. The molecule has 1 rings (SSSR count). The van der Waals surface area contributed by atoms with Gasteiger partial charge >= 0.3 is 6.09 Å². The summed E-state index contributed by atoms with van der Waals surface area (Å²) >= 11 is 0. The van der Waals surface area contributed by atoms with Gasteiger partial charge in [-0.15, -0.1) is 0 Å². The van der Waals surface area contributed by atoms with Gasteiger partial charge in [0.1, 0.15) is 17.7 Å². The number of nitrogens with one attached hydrogen (secondary N) is 2. The Hall–Kier alpha value is -3.10. The van der Waals surface area contributed by atoms with Gasteiger partial charge in [-0.1, -0.05) is 68.9 Å². The Bertz CT molecular complexity index is 963. The fourth-order valence-corrected chi connectivity index (χ4v) is 4.28. The van der Waals surface area contributed by atoms with Gasteiger partial charge in [-0.3, -0.25) is 14.4 Å². The first kappa shape index (κ1) is 34.9. The highest BCUT2D eigenvalue weighted by Crippen LogP contribution is 2.26. The number of rotatable bonds is 15. The van der Waals surface area contributed by atoms with Gasteiger partial charge in [0.25, 0.3) is 0 Å². The Morgan fingerprint density at radius 2 is 1.50 bits per heavy atom. The number of amides is 4. The molecule has 2 unspecified atom stereocenters. The van der Waals surface area contributed by atoms with E-state index in [9.17, 15) is 19.2 Å². The molecule has 4 N–H and O–H groups in total. The first-order chi connectivity index (χ1) is 18.5. The van der Waals surface area contributed by atoms with Crippen molar-refractivity contribution in [1.29, 1.82) is 0 Å². The second-order valence-electron chi connectivity index (χ2n) is 12.6. The Morgan fingerprint density at radius 1 is 0.925 bits per heavy atom. The van der Waals surface area contributed by atoms with Gasteiger partial charge in [0.05, 0.1) is 0 Å². The van der Waals surface area contributed by atoms with Gasteiger partial charge in [-0.2, -0.15) is 0 Å². The van der Waals surface area contributed by atoms with Crippen LogP contribution in [0.4, 0.5) is 4.79 Å². The summed E-state index contributed by atoms with van der Waals surface area (Å²) in [6.07, 6.45) is 5.11. The van der Waals surface area contributed by atoms with E-state index in [0.29, 0.717) is 18.5 Å². The highest BCUT2D eigenvalue weighted by molar-refractivity contribution is 5.92. The number of primary amides is 1. The van der Waals surface area contributed by atoms with Crippen molar-refractivity contribution in [2.24, 2.45) is 5.73 Å². The van der Waals surface area contributed by atoms with Crippen LogP contribution in [0.3, 0.4) is 0 Å². The second-order valence-corrected chi connectivity index (χ2v) is 12.6. The zero-order valence-corrected chi connectivity index (χ0v) is 25.9. The molecule has 9 nitrogen and oxygen atoms in total. The fraction of sp³-hybridized carbons (Fsp3) is 0.677. The van der Waals surface area contributed by atoms with Gasteiger partial charge in [-0.25, -0.2) is 4.79 Å². The van der Waals surface area contributed by atoms with E-state index in [0.717, 1.165) is 37.7 Å². The lowest BCUT2D eigenvalue weighted by molar-refractivity contribution is -0.143. The van der Waals surface area contributed by atoms with E-state index in [1.165, 1.54) is 4.90 Å². The molecule has 9 heteroatoms. The van der Waals surface area contributed by atoms with Crippen molar-refractivity contribution >= 4 is 23.8 Å². The second kappa shape index (κ2) is 16.2. The number of nitrogens with two attached hydrogens (primary N) is 1. The smallest absolute Gasteiger partial charge is 0.408 e. The summed E-state index contributed by atoms with van der Waals surface area (Å²) in [6, 6.07) is 5.48. The molecule has 2 atom stereocenters. The molecule has 0 heterocycles. The van der Waals surface area contributed by atoms with Crippen molar-refractivity contribution in [3.05, 3.63) is 35.4 Å². The molecule has 1 aromatic rings. The molecule has 4 amide bonds. The molecule has 0 aromatic heterocycles. The SMILES string of the molecule is CCCCCCCCN(C(=O)C(CCC(N)=O)NC(=O)OC(C)(C)C)C(C(=O)NC(C)(C)C)c1ccc(C)cc1. The molecule has 40 heavy (non-hydrogen) atoms. The standard InChI is InChI=1S/C31H52N4O5/c1-9-10-11-12-13-14-21-35(26(27(37)34-30(3,4)5)23-17-15-22(2)16-18-23)28(38)24(19-20-25(32)36)33-29(39)40-31(6,7)8/h15-18,24,26H,9-14,19-21H2,1-8H3,(H2,32,36)(H,33,39)(H,34,37). The van der Waals surface area contributed by atoms with E-state index in [-0.39, 0.29) is 18.7 Å². The Kier molecular flexibility index (Phi) is 14.2. The van der Waals surface area contributed by atoms with Crippen LogP contribution in [0.25, 0.3) is 0 Å². The number of carbonyl (C=O) groups is 4. The van der Waals surface area contributed by atoms with Crippen LogP contribution < -0.4 is 16.4 Å². The van der Waals surface area contributed by atoms with E-state index in [1.807, 2.05) is 52.0 Å². The third-order valence-corrected chi connectivity index (χ3v) is 6.16. The maximum absolute atomic E-state index is 14.2. The van der Waals surface area contributed by atoms with Crippen LogP contribution in [0.1, 0.15) is 117 Å². The number of nitrogens with zero attached hydrogens (tertiary/aromatic N) is 1. The summed E-state index contributed by atoms with van der Waals surface area (Å²) in [6.45, 7) is 15.3. The van der Waals surface area contributed by atoms with Crippen molar-refractivity contribution in [1.82, 2.24) is 15.5 Å². The number of ether oxygens (including phenoxy) is 1. The lowest BCUT2D eigenvalue weighted by Gasteiger charge is -2.36. The minimum Gasteiger partial charge on any atom is -0.444 e. The van der Waals surface area contributed by atoms with Crippen molar-refractivity contribution in [3.63, 3.8) is 0 Å². The molecule has 0 aliphatic heterocycles. The molecule has 0 spiro atoms. The van der Waals surface area contributed by atoms with E-state index in [2.05, 4.69) is 17.6 Å². The first-order valence-corrected chi connectivity index (χ1v) is 14.5. The molecule has 0 saturated carbocycles. The normalized spacial score (nSPS) is 13.2. The van der Waals surface area contributed by atoms with Crippen molar-refractivity contribution in [3.8, 4) is 0 Å². The van der Waals surface area contributed by atoms with E-state index in [4.69, 9.17) is 10.5 Å². The molecule has 0 fully saturated rings. The van der Waals surface area contributed by atoms with Crippen molar-refractivity contribution in [2.45, 2.75) is 130 Å². The van der Waals surface area contributed by atoms with Crippen LogP contribution in [-0.4, -0.2) is 52.4 Å². The lowest BCUT2D eigenvalue weighted by atomic mass is 9.98. The van der Waals surface area contributed by atoms with Gasteiger partial charge in [0.2, 0.25) is 17.7 Å². The lowest BCUT2D eigenvalue weighted by Crippen LogP contribution is -2.55. The van der Waals surface area contributed by atoms with Gasteiger partial charge in [-0.05, 0) is 66.9 Å². The van der Waals surface area contributed by atoms with Crippen molar-refractivity contribution < 1.29 is 23.9 Å². The molecule has 0 aliphatic rings. The Balaban J connectivity index is 3.48. The predicted molar refractivity (Wildman–Crippen MR) is 158 cm³/mol. The molecule has 0 saturated heterocycles. The quantitative estimate of drug-likeness (QED) is 0.251. The zero-order valence-electron chi connectivity index (χ0n) is 25.9. The average molecular weight is 561 g/mol. The number of carbonyl (C=O) groups excluding carboxylic acids is 4. The number of hydrogen-bond acceptors (Lipinski definition) is 5. The summed E-state index contributed by atoms with van der Waals surface area (Å²) in [4.78, 5) is 53.9. The molecular weight excluding hydrogens is 508 g/mol. The van der Waals surface area contributed by atoms with Crippen LogP contribution in [0.2, 0.25) is 0 Å². The van der Waals surface area contributed by atoms with Crippen LogP contribution in [0.5, 0.6) is 0 Å². The topological polar surface area (TPSA) is 131 Å². The largest absolute Gasteiger partial charge is 0.444 e. The van der Waals surface area contributed by atoms with Gasteiger partial charge in [0, 0.05) is 18.5 Å². The van der Waals surface area contributed by atoms with Crippen LogP contribution in [0.15, 0.2) is 24.3 Å². The van der Waals surface area contributed by atoms with Crippen LogP contribution in [0, 0.1) is 6.92 Å². The number of alkyl carbamates (subject to hydrolysis) is 1. The highest BCUT2D eigenvalue weighted by Gasteiger charge is 2.37. The predicted octanol–water partition coefficient (Wildman–Crippen LogP) is 5.30. The number of aryl methyl sites for hydroxylation is 1. The van der Waals surface area contributed by atoms with E-state index in [1.54, 1.807) is 20.8 Å². The third kappa shape index (κ3) is 13.8. The molecular formula is C31H52N4O5.